The van der Waals surface area contributed by atoms with E-state index >= 15 is 0 Å². The minimum atomic E-state index is -0.317. The molecule has 0 radical (unpaired) electrons. The molecule has 2 aromatic rings. The van der Waals surface area contributed by atoms with Crippen LogP contribution in [0.2, 0.25) is 10.0 Å². The molecule has 4 N–H and O–H groups in total. The molecule has 0 fully saturated rings. The Morgan fingerprint density at radius 1 is 1.44 bits per heavy atom. The second-order valence-electron chi connectivity index (χ2n) is 3.59. The summed E-state index contributed by atoms with van der Waals surface area (Å²) in [7, 11) is 0. The molecule has 0 saturated carbocycles. The number of aromatic nitrogens is 2. The maximum atomic E-state index is 11.9. The lowest BCUT2D eigenvalue weighted by Crippen LogP contribution is -2.23. The average molecular weight is 285 g/mol. The molecule has 0 spiro atoms. The third-order valence-electron chi connectivity index (χ3n) is 2.39. The summed E-state index contributed by atoms with van der Waals surface area (Å²) < 4.78 is 0. The molecule has 0 aliphatic rings. The van der Waals surface area contributed by atoms with Gasteiger partial charge in [-0.05, 0) is 12.1 Å². The highest BCUT2D eigenvalue weighted by molar-refractivity contribution is 6.43. The van der Waals surface area contributed by atoms with Gasteiger partial charge in [-0.2, -0.15) is 5.10 Å². The lowest BCUT2D eigenvalue weighted by Gasteiger charge is -2.06. The van der Waals surface area contributed by atoms with Gasteiger partial charge in [0.2, 0.25) is 0 Å². The van der Waals surface area contributed by atoms with E-state index in [1.54, 1.807) is 24.4 Å². The van der Waals surface area contributed by atoms with Crippen LogP contribution in [0.5, 0.6) is 0 Å². The molecule has 0 aliphatic carbocycles. The van der Waals surface area contributed by atoms with E-state index in [0.717, 1.165) is 0 Å². The summed E-state index contributed by atoms with van der Waals surface area (Å²) in [4.78, 5) is 11.9. The molecule has 1 heterocycles. The summed E-state index contributed by atoms with van der Waals surface area (Å²) in [6.07, 6.45) is 1.55. The highest BCUT2D eigenvalue weighted by Gasteiger charge is 2.12. The van der Waals surface area contributed by atoms with Gasteiger partial charge in [0.05, 0.1) is 21.8 Å². The Balaban J connectivity index is 2.09. The van der Waals surface area contributed by atoms with Gasteiger partial charge in [-0.3, -0.25) is 9.89 Å². The number of carbonyl (C=O) groups excluding carboxylic acids is 1. The molecule has 1 amide bonds. The zero-order valence-corrected chi connectivity index (χ0v) is 10.7. The molecule has 0 bridgehead atoms. The molecule has 7 heteroatoms. The zero-order chi connectivity index (χ0) is 13.1. The molecule has 0 unspecified atom stereocenters. The predicted octanol–water partition coefficient (Wildman–Crippen LogP) is 2.23. The van der Waals surface area contributed by atoms with Crippen molar-refractivity contribution < 1.29 is 4.79 Å². The normalized spacial score (nSPS) is 10.3. The van der Waals surface area contributed by atoms with Crippen molar-refractivity contribution in [3.05, 3.63) is 45.6 Å². The first kappa shape index (κ1) is 12.7. The first-order chi connectivity index (χ1) is 8.59. The van der Waals surface area contributed by atoms with Gasteiger partial charge in [0.25, 0.3) is 5.91 Å². The fourth-order valence-corrected chi connectivity index (χ4v) is 1.80. The van der Waals surface area contributed by atoms with E-state index < -0.39 is 0 Å². The van der Waals surface area contributed by atoms with Crippen LogP contribution in [0.1, 0.15) is 15.9 Å². The summed E-state index contributed by atoms with van der Waals surface area (Å²) >= 11 is 11.8. The predicted molar refractivity (Wildman–Crippen MR) is 70.6 cm³/mol. The van der Waals surface area contributed by atoms with E-state index in [1.165, 1.54) is 0 Å². The molecule has 18 heavy (non-hydrogen) atoms. The van der Waals surface area contributed by atoms with E-state index in [2.05, 4.69) is 15.5 Å². The van der Waals surface area contributed by atoms with Crippen LogP contribution in [0, 0.1) is 0 Å². The second kappa shape index (κ2) is 5.29. The quantitative estimate of drug-likeness (QED) is 0.808. The number of hydrogen-bond acceptors (Lipinski definition) is 3. The molecular formula is C11H10Cl2N4O. The van der Waals surface area contributed by atoms with Gasteiger partial charge in [0.15, 0.2) is 0 Å². The summed E-state index contributed by atoms with van der Waals surface area (Å²) in [5, 5.41) is 9.60. The standard InChI is InChI=1S/C11H10Cl2N4O/c12-8-3-1-2-7(9(8)13)11(18)15-4-6-5-16-17-10(6)14/h1-3,5H,4H2,(H,15,18)(H3,14,16,17). The van der Waals surface area contributed by atoms with Gasteiger partial charge in [-0.25, -0.2) is 0 Å². The Hall–Kier alpha value is -1.72. The Labute approximate surface area is 113 Å². The Bertz CT molecular complexity index is 582. The number of nitrogens with two attached hydrogens (primary N) is 1. The average Bonchev–Trinajstić information content (AvgIpc) is 2.75. The first-order valence-electron chi connectivity index (χ1n) is 5.09. The minimum absolute atomic E-state index is 0.233. The van der Waals surface area contributed by atoms with E-state index in [1.807, 2.05) is 0 Å². The maximum absolute atomic E-state index is 11.9. The first-order valence-corrected chi connectivity index (χ1v) is 5.85. The van der Waals surface area contributed by atoms with Gasteiger partial charge in [0.1, 0.15) is 5.82 Å². The Kier molecular flexibility index (Phi) is 3.74. The van der Waals surface area contributed by atoms with Crippen LogP contribution in [0.25, 0.3) is 0 Å². The fourth-order valence-electron chi connectivity index (χ4n) is 1.41. The molecule has 0 aliphatic heterocycles. The summed E-state index contributed by atoms with van der Waals surface area (Å²) in [6.45, 7) is 0.268. The Morgan fingerprint density at radius 3 is 2.89 bits per heavy atom. The molecule has 0 saturated heterocycles. The molecule has 1 aromatic heterocycles. The van der Waals surface area contributed by atoms with Crippen LogP contribution in [0.4, 0.5) is 5.82 Å². The van der Waals surface area contributed by atoms with E-state index in [9.17, 15) is 4.79 Å². The SMILES string of the molecule is Nc1[nH]ncc1CNC(=O)c1cccc(Cl)c1Cl. The third kappa shape index (κ3) is 2.57. The van der Waals surface area contributed by atoms with Gasteiger partial charge in [-0.15, -0.1) is 0 Å². The van der Waals surface area contributed by atoms with Crippen LogP contribution in [-0.4, -0.2) is 16.1 Å². The van der Waals surface area contributed by atoms with Crippen molar-refractivity contribution in [3.63, 3.8) is 0 Å². The zero-order valence-electron chi connectivity index (χ0n) is 9.21. The van der Waals surface area contributed by atoms with Crippen molar-refractivity contribution in [1.29, 1.82) is 0 Å². The van der Waals surface area contributed by atoms with Gasteiger partial charge < -0.3 is 11.1 Å². The molecule has 1 aromatic carbocycles. The monoisotopic (exact) mass is 284 g/mol. The van der Waals surface area contributed by atoms with E-state index in [4.69, 9.17) is 28.9 Å². The van der Waals surface area contributed by atoms with Crippen molar-refractivity contribution in [2.75, 3.05) is 5.73 Å². The van der Waals surface area contributed by atoms with Gasteiger partial charge in [0, 0.05) is 12.1 Å². The van der Waals surface area contributed by atoms with Crippen molar-refractivity contribution in [1.82, 2.24) is 15.5 Å². The highest BCUT2D eigenvalue weighted by Crippen LogP contribution is 2.25. The van der Waals surface area contributed by atoms with Gasteiger partial charge >= 0.3 is 0 Å². The number of amides is 1. The molecule has 94 valence electrons. The number of nitrogens with zero attached hydrogens (tertiary/aromatic N) is 1. The summed E-state index contributed by atoms with van der Waals surface area (Å²) in [5.74, 6) is 0.107. The number of benzene rings is 1. The van der Waals surface area contributed by atoms with E-state index in [0.29, 0.717) is 22.0 Å². The molecule has 0 atom stereocenters. The second-order valence-corrected chi connectivity index (χ2v) is 4.38. The largest absolute Gasteiger partial charge is 0.384 e. The van der Waals surface area contributed by atoms with Crippen LogP contribution in [-0.2, 0) is 6.54 Å². The van der Waals surface area contributed by atoms with Crippen molar-refractivity contribution >= 4 is 34.9 Å². The number of aromatic amines is 1. The highest BCUT2D eigenvalue weighted by atomic mass is 35.5. The van der Waals surface area contributed by atoms with Crippen LogP contribution < -0.4 is 11.1 Å². The van der Waals surface area contributed by atoms with Crippen LogP contribution in [0.15, 0.2) is 24.4 Å². The summed E-state index contributed by atoms with van der Waals surface area (Å²) in [5.41, 5.74) is 6.64. The third-order valence-corrected chi connectivity index (χ3v) is 3.21. The maximum Gasteiger partial charge on any atom is 0.253 e. The van der Waals surface area contributed by atoms with Crippen molar-refractivity contribution in [3.8, 4) is 0 Å². The number of hydrogen-bond donors (Lipinski definition) is 3. The minimum Gasteiger partial charge on any atom is -0.384 e. The number of nitrogens with one attached hydrogen (secondary N) is 2. The number of halogens is 2. The lowest BCUT2D eigenvalue weighted by molar-refractivity contribution is 0.0951. The van der Waals surface area contributed by atoms with Crippen LogP contribution in [0.3, 0.4) is 0 Å². The smallest absolute Gasteiger partial charge is 0.253 e. The topological polar surface area (TPSA) is 83.8 Å². The van der Waals surface area contributed by atoms with Crippen molar-refractivity contribution in [2.45, 2.75) is 6.54 Å². The van der Waals surface area contributed by atoms with E-state index in [-0.39, 0.29) is 17.5 Å². The number of rotatable bonds is 3. The van der Waals surface area contributed by atoms with Gasteiger partial charge in [-0.1, -0.05) is 29.3 Å². The number of nitrogen functional groups attached to an aromatic ring is 1. The molecular weight excluding hydrogens is 275 g/mol. The van der Waals surface area contributed by atoms with Crippen molar-refractivity contribution in [2.24, 2.45) is 0 Å². The number of anilines is 1. The molecule has 2 rings (SSSR count). The summed E-state index contributed by atoms with van der Waals surface area (Å²) in [6, 6.07) is 4.88. The van der Waals surface area contributed by atoms with Crippen LogP contribution >= 0.6 is 23.2 Å². The molecule has 5 nitrogen and oxygen atoms in total. The lowest BCUT2D eigenvalue weighted by atomic mass is 10.2. The fraction of sp³-hybridized carbons (Fsp3) is 0.0909. The number of H-pyrrole nitrogens is 1. The number of carbonyl (C=O) groups is 1. The Morgan fingerprint density at radius 2 is 2.22 bits per heavy atom.